The van der Waals surface area contributed by atoms with Gasteiger partial charge in [-0.25, -0.2) is 0 Å². The van der Waals surface area contributed by atoms with Gasteiger partial charge in [0.2, 0.25) is 0 Å². The summed E-state index contributed by atoms with van der Waals surface area (Å²) >= 11 is 0. The lowest BCUT2D eigenvalue weighted by Gasteiger charge is -2.46. The summed E-state index contributed by atoms with van der Waals surface area (Å²) in [4.78, 5) is 0. The van der Waals surface area contributed by atoms with E-state index in [1.54, 1.807) is 5.57 Å². The molecule has 0 aliphatic heterocycles. The van der Waals surface area contributed by atoms with Gasteiger partial charge in [0.05, 0.1) is 11.5 Å². The van der Waals surface area contributed by atoms with Crippen molar-refractivity contribution in [2.45, 2.75) is 51.0 Å². The number of rotatable bonds is 1. The molecule has 3 aliphatic carbocycles. The largest absolute Gasteiger partial charge is 0.393 e. The van der Waals surface area contributed by atoms with Gasteiger partial charge in [-0.05, 0) is 49.3 Å². The Labute approximate surface area is 156 Å². The molecule has 26 heavy (non-hydrogen) atoms. The molecule has 132 valence electrons. The van der Waals surface area contributed by atoms with Gasteiger partial charge in [-0.15, -0.1) is 0 Å². The number of benzene rings is 2. The number of hydrogen-bond donors (Lipinski definition) is 1. The molecule has 0 saturated heterocycles. The zero-order valence-corrected chi connectivity index (χ0v) is 15.6. The maximum atomic E-state index is 10.4. The molecule has 2 aromatic carbocycles. The Morgan fingerprint density at radius 3 is 2.58 bits per heavy atom. The molecule has 1 nitrogen and oxygen atoms in total. The monoisotopic (exact) mass is 342 g/mol. The second-order valence-corrected chi connectivity index (χ2v) is 8.60. The van der Waals surface area contributed by atoms with E-state index in [0.717, 1.165) is 25.7 Å². The van der Waals surface area contributed by atoms with Gasteiger partial charge in [0.25, 0.3) is 0 Å². The van der Waals surface area contributed by atoms with Crippen molar-refractivity contribution in [1.29, 1.82) is 0 Å². The molecule has 0 heterocycles. The van der Waals surface area contributed by atoms with Crippen LogP contribution in [0.1, 0.15) is 48.4 Å². The Morgan fingerprint density at radius 1 is 0.962 bits per heavy atom. The van der Waals surface area contributed by atoms with Crippen molar-refractivity contribution in [1.82, 2.24) is 0 Å². The SMILES string of the molecule is Cc1ccc2c(c1)CCC1=C3C[C@@H](O)C[C@@]3(C)C=C[C@]12c1ccccc1. The van der Waals surface area contributed by atoms with Crippen LogP contribution in [0.15, 0.2) is 71.8 Å². The fourth-order valence-electron chi connectivity index (χ4n) is 5.74. The molecule has 3 aliphatic rings. The van der Waals surface area contributed by atoms with Gasteiger partial charge in [0.15, 0.2) is 0 Å². The van der Waals surface area contributed by atoms with E-state index in [1.807, 2.05) is 0 Å². The molecule has 0 unspecified atom stereocenters. The van der Waals surface area contributed by atoms with E-state index in [0.29, 0.717) is 0 Å². The molecular weight excluding hydrogens is 316 g/mol. The summed E-state index contributed by atoms with van der Waals surface area (Å²) in [5, 5.41) is 10.4. The third kappa shape index (κ3) is 2.07. The highest BCUT2D eigenvalue weighted by Crippen LogP contribution is 2.58. The fourth-order valence-corrected chi connectivity index (χ4v) is 5.74. The Balaban J connectivity index is 1.84. The molecule has 1 fully saturated rings. The first-order chi connectivity index (χ1) is 12.5. The maximum absolute atomic E-state index is 10.4. The predicted molar refractivity (Wildman–Crippen MR) is 106 cm³/mol. The van der Waals surface area contributed by atoms with Crippen LogP contribution < -0.4 is 0 Å². The minimum Gasteiger partial charge on any atom is -0.393 e. The van der Waals surface area contributed by atoms with Crippen molar-refractivity contribution in [3.8, 4) is 0 Å². The zero-order valence-electron chi connectivity index (χ0n) is 15.6. The lowest BCUT2D eigenvalue weighted by atomic mass is 9.57. The van der Waals surface area contributed by atoms with E-state index < -0.39 is 0 Å². The second-order valence-electron chi connectivity index (χ2n) is 8.60. The van der Waals surface area contributed by atoms with Crippen LogP contribution in [0, 0.1) is 12.3 Å². The van der Waals surface area contributed by atoms with E-state index in [-0.39, 0.29) is 16.9 Å². The lowest BCUT2D eigenvalue weighted by molar-refractivity contribution is 0.172. The topological polar surface area (TPSA) is 20.2 Å². The molecule has 3 atom stereocenters. The van der Waals surface area contributed by atoms with Crippen LogP contribution in [0.2, 0.25) is 0 Å². The van der Waals surface area contributed by atoms with Crippen LogP contribution in [0.3, 0.4) is 0 Å². The van der Waals surface area contributed by atoms with E-state index >= 15 is 0 Å². The van der Waals surface area contributed by atoms with Crippen molar-refractivity contribution in [3.05, 3.63) is 94.1 Å². The van der Waals surface area contributed by atoms with E-state index in [2.05, 4.69) is 74.5 Å². The van der Waals surface area contributed by atoms with E-state index in [9.17, 15) is 5.11 Å². The van der Waals surface area contributed by atoms with Crippen molar-refractivity contribution >= 4 is 0 Å². The highest BCUT2D eigenvalue weighted by Gasteiger charge is 2.50. The summed E-state index contributed by atoms with van der Waals surface area (Å²) in [5.41, 5.74) is 8.49. The van der Waals surface area contributed by atoms with Gasteiger partial charge in [0.1, 0.15) is 0 Å². The normalized spacial score (nSPS) is 32.2. The first-order valence-corrected chi connectivity index (χ1v) is 9.80. The van der Waals surface area contributed by atoms with E-state index in [4.69, 9.17) is 0 Å². The fraction of sp³-hybridized carbons (Fsp3) is 0.360. The molecule has 0 amide bonds. The Kier molecular flexibility index (Phi) is 3.36. The Hall–Kier alpha value is -2.12. The molecule has 0 radical (unpaired) electrons. The third-order valence-electron chi connectivity index (χ3n) is 6.89. The molecule has 0 spiro atoms. The predicted octanol–water partition coefficient (Wildman–Crippen LogP) is 5.25. The van der Waals surface area contributed by atoms with Gasteiger partial charge in [-0.1, -0.05) is 84.3 Å². The standard InChI is InChI=1S/C25H26O/c1-17-8-10-21-18(14-17)9-11-22-23-15-20(26)16-24(23,2)12-13-25(21,22)19-6-4-3-5-7-19/h3-8,10,12-14,20,26H,9,11,15-16H2,1-2H3/t20-,24-,25-/m1/s1. The number of hydrogen-bond acceptors (Lipinski definition) is 1. The van der Waals surface area contributed by atoms with Gasteiger partial charge in [-0.2, -0.15) is 0 Å². The van der Waals surface area contributed by atoms with Crippen LogP contribution in [0.4, 0.5) is 0 Å². The quantitative estimate of drug-likeness (QED) is 0.701. The summed E-state index contributed by atoms with van der Waals surface area (Å²) in [7, 11) is 0. The summed E-state index contributed by atoms with van der Waals surface area (Å²) in [5.74, 6) is 0. The highest BCUT2D eigenvalue weighted by atomic mass is 16.3. The van der Waals surface area contributed by atoms with Crippen molar-refractivity contribution in [3.63, 3.8) is 0 Å². The minimum absolute atomic E-state index is 0.0230. The first kappa shape index (κ1) is 16.1. The molecule has 1 heteroatoms. The van der Waals surface area contributed by atoms with Crippen LogP contribution in [-0.2, 0) is 11.8 Å². The molecule has 2 aromatic rings. The molecule has 1 saturated carbocycles. The number of allylic oxidation sites excluding steroid dienone is 3. The minimum atomic E-state index is -0.210. The third-order valence-corrected chi connectivity index (χ3v) is 6.89. The molecule has 0 bridgehead atoms. The lowest BCUT2D eigenvalue weighted by Crippen LogP contribution is -2.38. The summed E-state index contributed by atoms with van der Waals surface area (Å²) in [6.07, 6.45) is 8.51. The summed E-state index contributed by atoms with van der Waals surface area (Å²) in [6, 6.07) is 17.9. The number of fused-ring (bicyclic) bond motifs is 4. The Morgan fingerprint density at radius 2 is 1.77 bits per heavy atom. The average molecular weight is 342 g/mol. The van der Waals surface area contributed by atoms with Crippen LogP contribution in [-0.4, -0.2) is 11.2 Å². The summed E-state index contributed by atoms with van der Waals surface area (Å²) < 4.78 is 0. The van der Waals surface area contributed by atoms with Gasteiger partial charge >= 0.3 is 0 Å². The van der Waals surface area contributed by atoms with Crippen LogP contribution >= 0.6 is 0 Å². The maximum Gasteiger partial charge on any atom is 0.0598 e. The first-order valence-electron chi connectivity index (χ1n) is 9.80. The van der Waals surface area contributed by atoms with Crippen molar-refractivity contribution in [2.75, 3.05) is 0 Å². The second kappa shape index (κ2) is 5.44. The smallest absolute Gasteiger partial charge is 0.0598 e. The molecule has 0 aromatic heterocycles. The van der Waals surface area contributed by atoms with Gasteiger partial charge in [0, 0.05) is 5.41 Å². The number of aryl methyl sites for hydroxylation is 2. The highest BCUT2D eigenvalue weighted by molar-refractivity contribution is 5.63. The molecule has 5 rings (SSSR count). The zero-order chi connectivity index (χ0) is 17.9. The number of aliphatic hydroxyl groups is 1. The van der Waals surface area contributed by atoms with Gasteiger partial charge < -0.3 is 5.11 Å². The van der Waals surface area contributed by atoms with Crippen LogP contribution in [0.5, 0.6) is 0 Å². The van der Waals surface area contributed by atoms with Crippen molar-refractivity contribution in [2.24, 2.45) is 5.41 Å². The van der Waals surface area contributed by atoms with Crippen molar-refractivity contribution < 1.29 is 5.11 Å². The van der Waals surface area contributed by atoms with E-state index in [1.165, 1.54) is 27.8 Å². The van der Waals surface area contributed by atoms with Crippen LogP contribution in [0.25, 0.3) is 0 Å². The Bertz CT molecular complexity index is 936. The molecular formula is C25H26O. The number of aliphatic hydroxyl groups excluding tert-OH is 1. The summed E-state index contributed by atoms with van der Waals surface area (Å²) in [6.45, 7) is 4.49. The average Bonchev–Trinajstić information content (AvgIpc) is 2.95. The van der Waals surface area contributed by atoms with Gasteiger partial charge in [-0.3, -0.25) is 0 Å². The molecule has 1 N–H and O–H groups in total.